The van der Waals surface area contributed by atoms with Gasteiger partial charge in [-0.3, -0.25) is 9.48 Å². The zero-order valence-electron chi connectivity index (χ0n) is 9.76. The second kappa shape index (κ2) is 5.68. The number of hydrogen-bond acceptors (Lipinski definition) is 3. The van der Waals surface area contributed by atoms with Crippen molar-refractivity contribution in [2.75, 3.05) is 12.4 Å². The van der Waals surface area contributed by atoms with Crippen molar-refractivity contribution in [2.24, 2.45) is 0 Å². The molecule has 0 unspecified atom stereocenters. The van der Waals surface area contributed by atoms with E-state index < -0.39 is 0 Å². The minimum absolute atomic E-state index is 0.146. The Kier molecular flexibility index (Phi) is 3.99. The Bertz CT molecular complexity index is 540. The Morgan fingerprint density at radius 3 is 3.06 bits per heavy atom. The predicted octanol–water partition coefficient (Wildman–Crippen LogP) is 2.29. The van der Waals surface area contributed by atoms with Gasteiger partial charge in [0.1, 0.15) is 12.3 Å². The van der Waals surface area contributed by atoms with Crippen molar-refractivity contribution in [3.8, 4) is 5.75 Å². The van der Waals surface area contributed by atoms with Crippen LogP contribution in [-0.4, -0.2) is 22.8 Å². The van der Waals surface area contributed by atoms with E-state index in [0.717, 1.165) is 4.47 Å². The van der Waals surface area contributed by atoms with Crippen molar-refractivity contribution in [1.82, 2.24) is 9.78 Å². The third-order valence-electron chi connectivity index (χ3n) is 2.31. The first-order valence-electron chi connectivity index (χ1n) is 5.30. The number of methoxy groups -OCH3 is 1. The molecule has 0 atom stereocenters. The molecule has 0 aliphatic heterocycles. The minimum atomic E-state index is -0.146. The smallest absolute Gasteiger partial charge is 0.246 e. The first kappa shape index (κ1) is 12.6. The Hall–Kier alpha value is -1.82. The third kappa shape index (κ3) is 3.10. The second-order valence-corrected chi connectivity index (χ2v) is 4.45. The fourth-order valence-electron chi connectivity index (χ4n) is 1.46. The average Bonchev–Trinajstić information content (AvgIpc) is 2.84. The summed E-state index contributed by atoms with van der Waals surface area (Å²) >= 11 is 3.37. The van der Waals surface area contributed by atoms with Gasteiger partial charge in [0, 0.05) is 22.9 Å². The first-order valence-corrected chi connectivity index (χ1v) is 6.09. The quantitative estimate of drug-likeness (QED) is 0.942. The molecular weight excluding hydrogens is 298 g/mol. The van der Waals surface area contributed by atoms with Crippen molar-refractivity contribution in [1.29, 1.82) is 0 Å². The van der Waals surface area contributed by atoms with Gasteiger partial charge in [-0.05, 0) is 34.1 Å². The number of aromatic nitrogens is 2. The first-order chi connectivity index (χ1) is 8.69. The van der Waals surface area contributed by atoms with E-state index in [0.29, 0.717) is 11.4 Å². The molecule has 94 valence electrons. The number of carbonyl (C=O) groups excluding carboxylic acids is 1. The number of ether oxygens (including phenoxy) is 1. The highest BCUT2D eigenvalue weighted by molar-refractivity contribution is 9.10. The van der Waals surface area contributed by atoms with Crippen LogP contribution >= 0.6 is 15.9 Å². The average molecular weight is 310 g/mol. The maximum absolute atomic E-state index is 11.8. The standard InChI is InChI=1S/C12H12BrN3O2/c1-18-9-3-4-10(13)11(7-9)15-12(17)8-16-6-2-5-14-16/h2-7H,8H2,1H3,(H,15,17). The van der Waals surface area contributed by atoms with Gasteiger partial charge in [-0.15, -0.1) is 0 Å². The van der Waals surface area contributed by atoms with Crippen LogP contribution in [0.15, 0.2) is 41.1 Å². The maximum atomic E-state index is 11.8. The lowest BCUT2D eigenvalue weighted by Gasteiger charge is -2.09. The lowest BCUT2D eigenvalue weighted by Crippen LogP contribution is -2.19. The van der Waals surface area contributed by atoms with Crippen LogP contribution in [0.3, 0.4) is 0 Å². The second-order valence-electron chi connectivity index (χ2n) is 3.60. The monoisotopic (exact) mass is 309 g/mol. The molecule has 18 heavy (non-hydrogen) atoms. The number of nitrogens with one attached hydrogen (secondary N) is 1. The number of carbonyl (C=O) groups is 1. The van der Waals surface area contributed by atoms with Crippen LogP contribution in [0.5, 0.6) is 5.75 Å². The number of benzene rings is 1. The van der Waals surface area contributed by atoms with Crippen LogP contribution in [-0.2, 0) is 11.3 Å². The number of halogens is 1. The van der Waals surface area contributed by atoms with Crippen molar-refractivity contribution in [3.05, 3.63) is 41.1 Å². The maximum Gasteiger partial charge on any atom is 0.246 e. The molecule has 1 heterocycles. The minimum Gasteiger partial charge on any atom is -0.497 e. The number of nitrogens with zero attached hydrogens (tertiary/aromatic N) is 2. The fraction of sp³-hybridized carbons (Fsp3) is 0.167. The van der Waals surface area contributed by atoms with Crippen LogP contribution in [0.25, 0.3) is 0 Å². The molecular formula is C12H12BrN3O2. The van der Waals surface area contributed by atoms with Crippen LogP contribution in [0.1, 0.15) is 0 Å². The summed E-state index contributed by atoms with van der Waals surface area (Å²) in [4.78, 5) is 11.8. The van der Waals surface area contributed by atoms with E-state index in [2.05, 4.69) is 26.3 Å². The largest absolute Gasteiger partial charge is 0.497 e. The van der Waals surface area contributed by atoms with E-state index in [1.165, 1.54) is 0 Å². The van der Waals surface area contributed by atoms with Crippen LogP contribution in [0.2, 0.25) is 0 Å². The van der Waals surface area contributed by atoms with Crippen LogP contribution in [0.4, 0.5) is 5.69 Å². The molecule has 0 aliphatic rings. The van der Waals surface area contributed by atoms with Crippen LogP contribution in [0, 0.1) is 0 Å². The van der Waals surface area contributed by atoms with Gasteiger partial charge >= 0.3 is 0 Å². The lowest BCUT2D eigenvalue weighted by molar-refractivity contribution is -0.116. The van der Waals surface area contributed by atoms with E-state index in [1.54, 1.807) is 36.3 Å². The zero-order valence-corrected chi connectivity index (χ0v) is 11.3. The van der Waals surface area contributed by atoms with Crippen molar-refractivity contribution < 1.29 is 9.53 Å². The summed E-state index contributed by atoms with van der Waals surface area (Å²) in [7, 11) is 1.58. The third-order valence-corrected chi connectivity index (χ3v) is 3.00. The molecule has 2 aromatic rings. The lowest BCUT2D eigenvalue weighted by atomic mass is 10.3. The Morgan fingerprint density at radius 2 is 2.39 bits per heavy atom. The molecule has 0 bridgehead atoms. The highest BCUT2D eigenvalue weighted by Crippen LogP contribution is 2.27. The molecule has 0 spiro atoms. The summed E-state index contributed by atoms with van der Waals surface area (Å²) in [5.41, 5.74) is 0.673. The molecule has 1 aromatic heterocycles. The van der Waals surface area contributed by atoms with Crippen molar-refractivity contribution in [3.63, 3.8) is 0 Å². The van der Waals surface area contributed by atoms with Gasteiger partial charge in [0.05, 0.1) is 12.8 Å². The van der Waals surface area contributed by atoms with Gasteiger partial charge in [-0.1, -0.05) is 0 Å². The molecule has 1 amide bonds. The highest BCUT2D eigenvalue weighted by atomic mass is 79.9. The van der Waals surface area contributed by atoms with Crippen molar-refractivity contribution in [2.45, 2.75) is 6.54 Å². The highest BCUT2D eigenvalue weighted by Gasteiger charge is 2.07. The molecule has 1 aromatic carbocycles. The van der Waals surface area contributed by atoms with Gasteiger partial charge in [-0.2, -0.15) is 5.10 Å². The molecule has 0 aliphatic carbocycles. The summed E-state index contributed by atoms with van der Waals surface area (Å²) in [6, 6.07) is 7.16. The van der Waals surface area contributed by atoms with E-state index in [-0.39, 0.29) is 12.5 Å². The molecule has 1 N–H and O–H groups in total. The molecule has 0 saturated heterocycles. The van der Waals surface area contributed by atoms with Gasteiger partial charge in [0.25, 0.3) is 0 Å². The molecule has 6 heteroatoms. The van der Waals surface area contributed by atoms with Gasteiger partial charge < -0.3 is 10.1 Å². The Labute approximate surface area is 113 Å². The number of hydrogen-bond donors (Lipinski definition) is 1. The van der Waals surface area contributed by atoms with Crippen LogP contribution < -0.4 is 10.1 Å². The summed E-state index contributed by atoms with van der Waals surface area (Å²) in [6.45, 7) is 0.177. The summed E-state index contributed by atoms with van der Waals surface area (Å²) in [5, 5.41) is 6.77. The molecule has 0 radical (unpaired) electrons. The van der Waals surface area contributed by atoms with E-state index in [9.17, 15) is 4.79 Å². The summed E-state index contributed by atoms with van der Waals surface area (Å²) < 4.78 is 7.47. The Balaban J connectivity index is 2.06. The summed E-state index contributed by atoms with van der Waals surface area (Å²) in [5.74, 6) is 0.542. The predicted molar refractivity (Wildman–Crippen MR) is 71.6 cm³/mol. The SMILES string of the molecule is COc1ccc(Br)c(NC(=O)Cn2cccn2)c1. The van der Waals surface area contributed by atoms with Gasteiger partial charge in [-0.25, -0.2) is 0 Å². The fourth-order valence-corrected chi connectivity index (χ4v) is 1.80. The molecule has 0 fully saturated rings. The molecule has 0 saturated carbocycles. The molecule has 2 rings (SSSR count). The van der Waals surface area contributed by atoms with E-state index in [4.69, 9.17) is 4.74 Å². The van der Waals surface area contributed by atoms with Gasteiger partial charge in [0.2, 0.25) is 5.91 Å². The summed E-state index contributed by atoms with van der Waals surface area (Å²) in [6.07, 6.45) is 3.37. The normalized spacial score (nSPS) is 10.1. The molecule has 5 nitrogen and oxygen atoms in total. The van der Waals surface area contributed by atoms with Crippen molar-refractivity contribution >= 4 is 27.5 Å². The topological polar surface area (TPSA) is 56.1 Å². The zero-order chi connectivity index (χ0) is 13.0. The van der Waals surface area contributed by atoms with Gasteiger partial charge in [0.15, 0.2) is 0 Å². The number of amides is 1. The Morgan fingerprint density at radius 1 is 1.56 bits per heavy atom. The van der Waals surface area contributed by atoms with E-state index >= 15 is 0 Å². The van der Waals surface area contributed by atoms with E-state index in [1.807, 2.05) is 12.1 Å². The number of anilines is 1. The number of rotatable bonds is 4.